The summed E-state index contributed by atoms with van der Waals surface area (Å²) < 4.78 is 0. The second-order valence-electron chi connectivity index (χ2n) is 8.69. The molecule has 0 aliphatic carbocycles. The van der Waals surface area contributed by atoms with Gasteiger partial charge in [-0.1, -0.05) is 6.07 Å². The molecule has 3 rings (SSSR count). The molecule has 0 saturated heterocycles. The number of carbonyl (C=O) groups is 2. The van der Waals surface area contributed by atoms with Crippen molar-refractivity contribution >= 4 is 59.7 Å². The highest BCUT2D eigenvalue weighted by Crippen LogP contribution is 2.14. The van der Waals surface area contributed by atoms with E-state index in [2.05, 4.69) is 25.6 Å². The van der Waals surface area contributed by atoms with Crippen molar-refractivity contribution < 1.29 is 9.59 Å². The van der Waals surface area contributed by atoms with Crippen LogP contribution >= 0.6 is 24.8 Å². The lowest BCUT2D eigenvalue weighted by atomic mass is 10.2. The summed E-state index contributed by atoms with van der Waals surface area (Å²) in [5, 5.41) is 5.55. The number of aliphatic imine (C=N–C) groups is 2. The molecule has 6 N–H and O–H groups in total. The summed E-state index contributed by atoms with van der Waals surface area (Å²) in [5.41, 5.74) is 14.8. The highest BCUT2D eigenvalue weighted by atomic mass is 35.5. The zero-order valence-electron chi connectivity index (χ0n) is 21.6. The van der Waals surface area contributed by atoms with Crippen molar-refractivity contribution in [1.82, 2.24) is 4.98 Å². The first-order valence-electron chi connectivity index (χ1n) is 11.6. The predicted molar refractivity (Wildman–Crippen MR) is 159 cm³/mol. The molecular formula is C27H33Cl2N7O2. The van der Waals surface area contributed by atoms with E-state index < -0.39 is 11.8 Å². The molecular weight excluding hydrogens is 525 g/mol. The average Bonchev–Trinajstić information content (AvgIpc) is 2.84. The molecule has 2 aromatic carbocycles. The first-order valence-corrected chi connectivity index (χ1v) is 11.6. The summed E-state index contributed by atoms with van der Waals surface area (Å²) in [6.45, 7) is 7.77. The number of pyridine rings is 1. The van der Waals surface area contributed by atoms with Crippen molar-refractivity contribution in [3.8, 4) is 0 Å². The number of halogens is 2. The van der Waals surface area contributed by atoms with Crippen LogP contribution in [0.1, 0.15) is 59.8 Å². The summed E-state index contributed by atoms with van der Waals surface area (Å²) in [4.78, 5) is 38.3. The van der Waals surface area contributed by atoms with E-state index in [0.717, 1.165) is 11.1 Å². The Morgan fingerprint density at radius 1 is 0.658 bits per heavy atom. The minimum absolute atomic E-state index is 0. The quantitative estimate of drug-likeness (QED) is 0.235. The number of hydrogen-bond donors (Lipinski definition) is 4. The van der Waals surface area contributed by atoms with Crippen LogP contribution < -0.4 is 22.1 Å². The highest BCUT2D eigenvalue weighted by molar-refractivity contribution is 6.06. The summed E-state index contributed by atoms with van der Waals surface area (Å²) in [5.74, 6) is -0.00826. The van der Waals surface area contributed by atoms with E-state index in [-0.39, 0.29) is 48.3 Å². The lowest BCUT2D eigenvalue weighted by molar-refractivity contribution is 0.101. The van der Waals surface area contributed by atoms with Crippen LogP contribution in [0.25, 0.3) is 0 Å². The Morgan fingerprint density at radius 3 is 1.32 bits per heavy atom. The molecule has 11 heteroatoms. The van der Waals surface area contributed by atoms with Crippen LogP contribution in [0, 0.1) is 0 Å². The Morgan fingerprint density at radius 2 is 1.00 bits per heavy atom. The van der Waals surface area contributed by atoms with Crippen LogP contribution in [0.5, 0.6) is 0 Å². The molecule has 0 bridgehead atoms. The van der Waals surface area contributed by atoms with Crippen molar-refractivity contribution in [2.45, 2.75) is 39.8 Å². The molecule has 1 aromatic heterocycles. The topological polar surface area (TPSA) is 148 Å². The number of amidine groups is 2. The van der Waals surface area contributed by atoms with Gasteiger partial charge < -0.3 is 22.1 Å². The number of rotatable bonds is 8. The minimum atomic E-state index is -0.439. The van der Waals surface area contributed by atoms with Crippen LogP contribution in [0.4, 0.5) is 11.4 Å². The average molecular weight is 559 g/mol. The third-order valence-electron chi connectivity index (χ3n) is 4.89. The van der Waals surface area contributed by atoms with Crippen LogP contribution in [-0.4, -0.2) is 40.6 Å². The van der Waals surface area contributed by atoms with E-state index >= 15 is 0 Å². The first kappa shape index (κ1) is 32.1. The molecule has 0 spiro atoms. The van der Waals surface area contributed by atoms with Gasteiger partial charge in [0.05, 0.1) is 0 Å². The van der Waals surface area contributed by atoms with Gasteiger partial charge in [0, 0.05) is 34.6 Å². The number of hydrogen-bond acceptors (Lipinski definition) is 5. The largest absolute Gasteiger partial charge is 0.383 e. The molecule has 0 radical (unpaired) electrons. The number of amides is 2. The summed E-state index contributed by atoms with van der Waals surface area (Å²) in [6, 6.07) is 18.9. The standard InChI is InChI=1S/C27H31N7O2.2ClH/c1-16(2)30-24(28)18-8-12-20(13-9-18)32-26(35)22-6-5-7-23(34-22)27(36)33-21-14-10-19(11-15-21)25(29)31-17(3)4;;/h5-17H,1-4H3,(H2,28,30)(H2,29,31)(H,32,35)(H,33,36);2*1H. The van der Waals surface area contributed by atoms with Crippen LogP contribution in [0.3, 0.4) is 0 Å². The number of nitrogens with one attached hydrogen (secondary N) is 2. The van der Waals surface area contributed by atoms with Gasteiger partial charge in [0.25, 0.3) is 11.8 Å². The fourth-order valence-electron chi connectivity index (χ4n) is 3.23. The molecule has 0 unspecified atom stereocenters. The van der Waals surface area contributed by atoms with Gasteiger partial charge in [0.2, 0.25) is 0 Å². The molecule has 0 saturated carbocycles. The van der Waals surface area contributed by atoms with E-state index in [1.54, 1.807) is 66.7 Å². The second-order valence-corrected chi connectivity index (χ2v) is 8.69. The molecule has 38 heavy (non-hydrogen) atoms. The molecule has 0 fully saturated rings. The summed E-state index contributed by atoms with van der Waals surface area (Å²) in [7, 11) is 0. The van der Waals surface area contributed by atoms with Crippen molar-refractivity contribution in [1.29, 1.82) is 0 Å². The molecule has 1 heterocycles. The number of benzene rings is 2. The van der Waals surface area contributed by atoms with Gasteiger partial charge in [-0.2, -0.15) is 0 Å². The molecule has 0 atom stereocenters. The SMILES string of the molecule is CC(C)N=C(N)c1ccc(NC(=O)c2cccc(C(=O)Nc3ccc(C(N)=NC(C)C)cc3)n2)cc1.Cl.Cl. The second kappa shape index (κ2) is 14.7. The maximum Gasteiger partial charge on any atom is 0.274 e. The molecule has 9 nitrogen and oxygen atoms in total. The van der Waals surface area contributed by atoms with Gasteiger partial charge in [0.15, 0.2) is 0 Å². The van der Waals surface area contributed by atoms with E-state index in [1.165, 1.54) is 0 Å². The molecule has 202 valence electrons. The van der Waals surface area contributed by atoms with Crippen molar-refractivity contribution in [2.75, 3.05) is 10.6 Å². The third kappa shape index (κ3) is 9.17. The Labute approximate surface area is 235 Å². The number of carbonyl (C=O) groups excluding carboxylic acids is 2. The van der Waals surface area contributed by atoms with Gasteiger partial charge in [-0.15, -0.1) is 24.8 Å². The Hall–Kier alpha value is -3.95. The van der Waals surface area contributed by atoms with E-state index in [1.807, 2.05) is 27.7 Å². The zero-order chi connectivity index (χ0) is 26.2. The number of nitrogens with two attached hydrogens (primary N) is 2. The van der Waals surface area contributed by atoms with Crippen molar-refractivity contribution in [2.24, 2.45) is 21.5 Å². The normalized spacial score (nSPS) is 11.4. The molecule has 0 aliphatic heterocycles. The zero-order valence-corrected chi connectivity index (χ0v) is 23.3. The third-order valence-corrected chi connectivity index (χ3v) is 4.89. The predicted octanol–water partition coefficient (Wildman–Crippen LogP) is 4.66. The fourth-order valence-corrected chi connectivity index (χ4v) is 3.23. The maximum absolute atomic E-state index is 12.7. The fraction of sp³-hybridized carbons (Fsp3) is 0.222. The molecule has 3 aromatic rings. The summed E-state index contributed by atoms with van der Waals surface area (Å²) in [6.07, 6.45) is 0. The van der Waals surface area contributed by atoms with Crippen molar-refractivity contribution in [3.05, 3.63) is 89.2 Å². The lowest BCUT2D eigenvalue weighted by Crippen LogP contribution is -2.19. The van der Waals surface area contributed by atoms with Gasteiger partial charge >= 0.3 is 0 Å². The van der Waals surface area contributed by atoms with Crippen molar-refractivity contribution in [3.63, 3.8) is 0 Å². The highest BCUT2D eigenvalue weighted by Gasteiger charge is 2.13. The van der Waals surface area contributed by atoms with Gasteiger partial charge in [0.1, 0.15) is 23.1 Å². The monoisotopic (exact) mass is 557 g/mol. The first-order chi connectivity index (χ1) is 17.1. The van der Waals surface area contributed by atoms with Crippen LogP contribution in [-0.2, 0) is 0 Å². The Bertz CT molecular complexity index is 1190. The number of nitrogens with zero attached hydrogens (tertiary/aromatic N) is 3. The number of aromatic nitrogens is 1. The molecule has 2 amide bonds. The van der Waals surface area contributed by atoms with Gasteiger partial charge in [-0.05, 0) is 88.4 Å². The molecule has 0 aliphatic rings. The lowest BCUT2D eigenvalue weighted by Gasteiger charge is -2.09. The van der Waals surface area contributed by atoms with Crippen LogP contribution in [0.2, 0.25) is 0 Å². The Balaban J connectivity index is 0.00000361. The maximum atomic E-state index is 12.7. The summed E-state index contributed by atoms with van der Waals surface area (Å²) >= 11 is 0. The smallest absolute Gasteiger partial charge is 0.274 e. The van der Waals surface area contributed by atoms with Gasteiger partial charge in [-0.3, -0.25) is 19.6 Å². The van der Waals surface area contributed by atoms with Crippen LogP contribution in [0.15, 0.2) is 76.7 Å². The van der Waals surface area contributed by atoms with E-state index in [9.17, 15) is 9.59 Å². The van der Waals surface area contributed by atoms with E-state index in [0.29, 0.717) is 23.0 Å². The minimum Gasteiger partial charge on any atom is -0.383 e. The Kier molecular flexibility index (Phi) is 12.4. The van der Waals surface area contributed by atoms with E-state index in [4.69, 9.17) is 11.5 Å². The number of anilines is 2. The van der Waals surface area contributed by atoms with Gasteiger partial charge in [-0.25, -0.2) is 4.98 Å².